The lowest BCUT2D eigenvalue weighted by molar-refractivity contribution is -0.118. The molecule has 0 aromatic heterocycles. The Hall–Kier alpha value is -2.34. The monoisotopic (exact) mass is 363 g/mol. The van der Waals surface area contributed by atoms with Crippen molar-refractivity contribution in [1.82, 2.24) is 0 Å². The first kappa shape index (κ1) is 16.0. The number of nitrogens with one attached hydrogen (secondary N) is 1. The molecule has 2 rings (SSSR count). The highest BCUT2D eigenvalue weighted by atomic mass is 79.9. The Kier molecular flexibility index (Phi) is 5.55. The number of hydrogen-bond donors (Lipinski definition) is 1. The van der Waals surface area contributed by atoms with E-state index in [4.69, 9.17) is 4.74 Å². The van der Waals surface area contributed by atoms with Gasteiger partial charge in [-0.25, -0.2) is 4.79 Å². The van der Waals surface area contributed by atoms with E-state index in [2.05, 4.69) is 26.0 Å². The van der Waals surface area contributed by atoms with Gasteiger partial charge in [0.25, 0.3) is 5.91 Å². The number of halogens is 1. The van der Waals surface area contributed by atoms with Crippen LogP contribution in [-0.4, -0.2) is 25.6 Å². The lowest BCUT2D eigenvalue weighted by Crippen LogP contribution is -2.21. The molecule has 2 aromatic rings. The maximum atomic E-state index is 12.0. The highest BCUT2D eigenvalue weighted by Gasteiger charge is 2.13. The molecule has 6 heteroatoms. The first-order valence-electron chi connectivity index (χ1n) is 6.46. The van der Waals surface area contributed by atoms with Crippen LogP contribution >= 0.6 is 15.9 Å². The molecular formula is C16H14BrNO4. The summed E-state index contributed by atoms with van der Waals surface area (Å²) >= 11 is 3.34. The molecule has 0 bridgehead atoms. The molecule has 114 valence electrons. The van der Waals surface area contributed by atoms with Crippen LogP contribution in [0.15, 0.2) is 53.0 Å². The smallest absolute Gasteiger partial charge is 0.339 e. The number of hydrogen-bond acceptors (Lipinski definition) is 4. The molecule has 0 fully saturated rings. The van der Waals surface area contributed by atoms with Crippen LogP contribution in [0.2, 0.25) is 0 Å². The molecule has 0 saturated carbocycles. The largest absolute Gasteiger partial charge is 0.483 e. The van der Waals surface area contributed by atoms with Gasteiger partial charge in [-0.1, -0.05) is 24.3 Å². The number of methoxy groups -OCH3 is 1. The van der Waals surface area contributed by atoms with E-state index in [-0.39, 0.29) is 12.5 Å². The summed E-state index contributed by atoms with van der Waals surface area (Å²) in [7, 11) is 1.29. The van der Waals surface area contributed by atoms with E-state index in [9.17, 15) is 9.59 Å². The Morgan fingerprint density at radius 1 is 1.09 bits per heavy atom. The van der Waals surface area contributed by atoms with E-state index in [1.165, 1.54) is 7.11 Å². The number of esters is 1. The molecule has 1 N–H and O–H groups in total. The van der Waals surface area contributed by atoms with E-state index in [1.54, 1.807) is 30.3 Å². The second-order valence-corrected chi connectivity index (χ2v) is 5.16. The molecule has 0 aliphatic heterocycles. The first-order valence-corrected chi connectivity index (χ1v) is 7.25. The van der Waals surface area contributed by atoms with Crippen molar-refractivity contribution < 1.29 is 19.1 Å². The number of ether oxygens (including phenoxy) is 2. The number of rotatable bonds is 5. The number of carbonyl (C=O) groups excluding carboxylic acids is 2. The fourth-order valence-corrected chi connectivity index (χ4v) is 2.17. The van der Waals surface area contributed by atoms with Crippen molar-refractivity contribution in [1.29, 1.82) is 0 Å². The van der Waals surface area contributed by atoms with Gasteiger partial charge in [0.05, 0.1) is 22.8 Å². The van der Waals surface area contributed by atoms with Crippen LogP contribution in [0.4, 0.5) is 5.69 Å². The summed E-state index contributed by atoms with van der Waals surface area (Å²) in [6, 6.07) is 13.8. The molecule has 2 aromatic carbocycles. The van der Waals surface area contributed by atoms with E-state index in [0.717, 1.165) is 4.47 Å². The maximum absolute atomic E-state index is 12.0. The summed E-state index contributed by atoms with van der Waals surface area (Å²) in [5, 5.41) is 2.64. The van der Waals surface area contributed by atoms with Crippen molar-refractivity contribution in [3.8, 4) is 5.75 Å². The average molecular weight is 364 g/mol. The summed E-state index contributed by atoms with van der Waals surface area (Å²) < 4.78 is 10.9. The normalized spacial score (nSPS) is 9.91. The zero-order valence-corrected chi connectivity index (χ0v) is 13.4. The highest BCUT2D eigenvalue weighted by Crippen LogP contribution is 2.23. The topological polar surface area (TPSA) is 64.6 Å². The molecule has 5 nitrogen and oxygen atoms in total. The maximum Gasteiger partial charge on any atom is 0.339 e. The van der Waals surface area contributed by atoms with Gasteiger partial charge in [-0.05, 0) is 40.2 Å². The van der Waals surface area contributed by atoms with Gasteiger partial charge in [0, 0.05) is 0 Å². The third-order valence-corrected chi connectivity index (χ3v) is 3.46. The minimum Gasteiger partial charge on any atom is -0.483 e. The minimum absolute atomic E-state index is 0.169. The van der Waals surface area contributed by atoms with E-state index in [0.29, 0.717) is 17.0 Å². The van der Waals surface area contributed by atoms with Crippen molar-refractivity contribution in [2.45, 2.75) is 0 Å². The van der Waals surface area contributed by atoms with Crippen molar-refractivity contribution >= 4 is 33.5 Å². The minimum atomic E-state index is -0.511. The van der Waals surface area contributed by atoms with Gasteiger partial charge in [-0.3, -0.25) is 4.79 Å². The fraction of sp³-hybridized carbons (Fsp3) is 0.125. The average Bonchev–Trinajstić information content (AvgIpc) is 2.54. The van der Waals surface area contributed by atoms with Crippen molar-refractivity contribution in [3.05, 3.63) is 58.6 Å². The Bertz CT molecular complexity index is 687. The predicted octanol–water partition coefficient (Wildman–Crippen LogP) is 3.25. The summed E-state index contributed by atoms with van der Waals surface area (Å²) in [6.45, 7) is -0.169. The quantitative estimate of drug-likeness (QED) is 0.828. The molecule has 0 radical (unpaired) electrons. The zero-order valence-electron chi connectivity index (χ0n) is 11.8. The van der Waals surface area contributed by atoms with Gasteiger partial charge in [-0.2, -0.15) is 0 Å². The lowest BCUT2D eigenvalue weighted by Gasteiger charge is -2.11. The SMILES string of the molecule is COC(=O)c1ccccc1NC(=O)COc1ccccc1Br. The molecule has 0 aliphatic rings. The molecular weight excluding hydrogens is 350 g/mol. The summed E-state index contributed by atoms with van der Waals surface area (Å²) in [4.78, 5) is 23.6. The lowest BCUT2D eigenvalue weighted by atomic mass is 10.2. The molecule has 0 unspecified atom stereocenters. The van der Waals surface area contributed by atoms with Crippen LogP contribution in [0.3, 0.4) is 0 Å². The van der Waals surface area contributed by atoms with E-state index >= 15 is 0 Å². The number of carbonyl (C=O) groups is 2. The third-order valence-electron chi connectivity index (χ3n) is 2.80. The molecule has 0 aliphatic carbocycles. The van der Waals surface area contributed by atoms with Crippen LogP contribution in [0, 0.1) is 0 Å². The Balaban J connectivity index is 2.01. The van der Waals surface area contributed by atoms with Crippen molar-refractivity contribution in [2.24, 2.45) is 0 Å². The van der Waals surface area contributed by atoms with Gasteiger partial charge in [0.15, 0.2) is 6.61 Å². The van der Waals surface area contributed by atoms with Gasteiger partial charge >= 0.3 is 5.97 Å². The second kappa shape index (κ2) is 7.61. The second-order valence-electron chi connectivity index (χ2n) is 4.30. The molecule has 0 heterocycles. The Morgan fingerprint density at radius 2 is 1.77 bits per heavy atom. The number of para-hydroxylation sites is 2. The van der Waals surface area contributed by atoms with Crippen molar-refractivity contribution in [3.63, 3.8) is 0 Å². The highest BCUT2D eigenvalue weighted by molar-refractivity contribution is 9.10. The van der Waals surface area contributed by atoms with Gasteiger partial charge < -0.3 is 14.8 Å². The van der Waals surface area contributed by atoms with E-state index < -0.39 is 5.97 Å². The van der Waals surface area contributed by atoms with Crippen molar-refractivity contribution in [2.75, 3.05) is 19.0 Å². The summed E-state index contributed by atoms with van der Waals surface area (Å²) in [5.41, 5.74) is 0.675. The Morgan fingerprint density at radius 3 is 2.50 bits per heavy atom. The van der Waals surface area contributed by atoms with Crippen LogP contribution in [0.5, 0.6) is 5.75 Å². The fourth-order valence-electron chi connectivity index (χ4n) is 1.77. The summed E-state index contributed by atoms with van der Waals surface area (Å²) in [6.07, 6.45) is 0. The third kappa shape index (κ3) is 4.08. The number of benzene rings is 2. The van der Waals surface area contributed by atoms with Crippen LogP contribution in [-0.2, 0) is 9.53 Å². The molecule has 0 spiro atoms. The molecule has 1 amide bonds. The first-order chi connectivity index (χ1) is 10.6. The standard InChI is InChI=1S/C16H14BrNO4/c1-21-16(20)11-6-2-4-8-13(11)18-15(19)10-22-14-9-5-3-7-12(14)17/h2-9H,10H2,1H3,(H,18,19). The molecule has 22 heavy (non-hydrogen) atoms. The van der Waals surface area contributed by atoms with Crippen LogP contribution < -0.4 is 10.1 Å². The molecule has 0 atom stereocenters. The zero-order chi connectivity index (χ0) is 15.9. The van der Waals surface area contributed by atoms with Gasteiger partial charge in [0.1, 0.15) is 5.75 Å². The predicted molar refractivity (Wildman–Crippen MR) is 86.0 cm³/mol. The van der Waals surface area contributed by atoms with Crippen LogP contribution in [0.25, 0.3) is 0 Å². The Labute approximate surface area is 136 Å². The number of anilines is 1. The van der Waals surface area contributed by atoms with Gasteiger partial charge in [0.2, 0.25) is 0 Å². The summed E-state index contributed by atoms with van der Waals surface area (Å²) in [5.74, 6) is -0.311. The van der Waals surface area contributed by atoms with E-state index in [1.807, 2.05) is 18.2 Å². The number of amides is 1. The van der Waals surface area contributed by atoms with Gasteiger partial charge in [-0.15, -0.1) is 0 Å². The van der Waals surface area contributed by atoms with Crippen LogP contribution in [0.1, 0.15) is 10.4 Å². The molecule has 0 saturated heterocycles.